The molecule has 0 bridgehead atoms. The normalized spacial score (nSPS) is 14.8. The highest BCUT2D eigenvalue weighted by atomic mass is 35.5. The molecule has 8 heteroatoms. The predicted molar refractivity (Wildman–Crippen MR) is 123 cm³/mol. The van der Waals surface area contributed by atoms with Crippen molar-refractivity contribution < 1.29 is 14.4 Å². The van der Waals surface area contributed by atoms with E-state index in [-0.39, 0.29) is 12.2 Å². The number of halogens is 1. The van der Waals surface area contributed by atoms with Crippen LogP contribution < -0.4 is 10.6 Å². The van der Waals surface area contributed by atoms with Gasteiger partial charge in [-0.2, -0.15) is 0 Å². The second-order valence-electron chi connectivity index (χ2n) is 7.01. The lowest BCUT2D eigenvalue weighted by molar-refractivity contribution is -0.127. The third kappa shape index (κ3) is 4.84. The number of urea groups is 1. The van der Waals surface area contributed by atoms with E-state index >= 15 is 0 Å². The highest BCUT2D eigenvalue weighted by molar-refractivity contribution is 7.16. The zero-order valence-corrected chi connectivity index (χ0v) is 18.1. The minimum absolute atomic E-state index is 0.137. The summed E-state index contributed by atoms with van der Waals surface area (Å²) in [6.07, 6.45) is 1.61. The Morgan fingerprint density at radius 3 is 2.65 bits per heavy atom. The number of hydrogen-bond donors (Lipinski definition) is 2. The number of benzene rings is 2. The Hall–Kier alpha value is -3.42. The largest absolute Gasteiger partial charge is 0.329 e. The van der Waals surface area contributed by atoms with E-state index in [4.69, 9.17) is 11.6 Å². The number of imide groups is 1. The van der Waals surface area contributed by atoms with Crippen molar-refractivity contribution in [3.8, 4) is 10.4 Å². The summed E-state index contributed by atoms with van der Waals surface area (Å²) in [5.74, 6) is -0.984. The fraction of sp³-hybridized carbons (Fsp3) is 0.0870. The van der Waals surface area contributed by atoms with Crippen LogP contribution in [0.4, 0.5) is 10.5 Å². The van der Waals surface area contributed by atoms with Gasteiger partial charge < -0.3 is 10.6 Å². The van der Waals surface area contributed by atoms with Crippen molar-refractivity contribution in [1.82, 2.24) is 10.2 Å². The van der Waals surface area contributed by atoms with E-state index in [2.05, 4.69) is 10.6 Å². The minimum Gasteiger partial charge on any atom is -0.325 e. The number of amides is 4. The van der Waals surface area contributed by atoms with Gasteiger partial charge in [0.05, 0.1) is 0 Å². The number of rotatable bonds is 5. The molecule has 1 fully saturated rings. The SMILES string of the molecule is Cc1cccc(NC(=O)CN2C(=O)NC(=Cc3ccc(-c4ccc(Cl)cc4)s3)C2=O)c1. The lowest BCUT2D eigenvalue weighted by Crippen LogP contribution is -2.38. The first kappa shape index (κ1) is 20.8. The molecule has 4 rings (SSSR count). The van der Waals surface area contributed by atoms with Gasteiger partial charge in [0, 0.05) is 20.5 Å². The van der Waals surface area contributed by atoms with E-state index in [1.807, 2.05) is 61.5 Å². The fourth-order valence-electron chi connectivity index (χ4n) is 3.12. The van der Waals surface area contributed by atoms with Gasteiger partial charge in [-0.1, -0.05) is 35.9 Å². The average molecular weight is 452 g/mol. The lowest BCUT2D eigenvalue weighted by atomic mass is 10.2. The first-order valence-corrected chi connectivity index (χ1v) is 10.7. The van der Waals surface area contributed by atoms with Crippen molar-refractivity contribution >= 4 is 52.5 Å². The molecule has 6 nitrogen and oxygen atoms in total. The van der Waals surface area contributed by atoms with Crippen LogP contribution in [-0.2, 0) is 9.59 Å². The van der Waals surface area contributed by atoms with Crippen LogP contribution in [0.15, 0.2) is 66.4 Å². The number of aryl methyl sites for hydroxylation is 1. The summed E-state index contributed by atoms with van der Waals surface area (Å²) in [7, 11) is 0. The summed E-state index contributed by atoms with van der Waals surface area (Å²) in [5.41, 5.74) is 2.75. The molecule has 1 aliphatic heterocycles. The molecule has 0 aliphatic carbocycles. The molecular formula is C23H18ClN3O3S. The van der Waals surface area contributed by atoms with Gasteiger partial charge in [0.25, 0.3) is 5.91 Å². The third-order valence-corrected chi connectivity index (χ3v) is 5.94. The van der Waals surface area contributed by atoms with Crippen molar-refractivity contribution in [2.24, 2.45) is 0 Å². The first-order chi connectivity index (χ1) is 14.9. The van der Waals surface area contributed by atoms with Crippen molar-refractivity contribution in [2.45, 2.75) is 6.92 Å². The van der Waals surface area contributed by atoms with Crippen molar-refractivity contribution in [3.05, 3.63) is 81.8 Å². The molecule has 1 saturated heterocycles. The molecule has 2 aromatic carbocycles. The molecule has 31 heavy (non-hydrogen) atoms. The van der Waals surface area contributed by atoms with E-state index in [0.717, 1.165) is 25.8 Å². The summed E-state index contributed by atoms with van der Waals surface area (Å²) in [5, 5.41) is 5.91. The van der Waals surface area contributed by atoms with Crippen molar-refractivity contribution in [3.63, 3.8) is 0 Å². The molecule has 0 unspecified atom stereocenters. The highest BCUT2D eigenvalue weighted by Gasteiger charge is 2.35. The second kappa shape index (κ2) is 8.75. The van der Waals surface area contributed by atoms with Gasteiger partial charge in [0.2, 0.25) is 5.91 Å². The zero-order chi connectivity index (χ0) is 22.0. The average Bonchev–Trinajstić information content (AvgIpc) is 3.29. The maximum absolute atomic E-state index is 12.7. The van der Waals surface area contributed by atoms with Crippen LogP contribution in [0, 0.1) is 6.92 Å². The lowest BCUT2D eigenvalue weighted by Gasteiger charge is -2.12. The number of nitrogens with one attached hydrogen (secondary N) is 2. The van der Waals surface area contributed by atoms with E-state index in [9.17, 15) is 14.4 Å². The first-order valence-electron chi connectivity index (χ1n) is 9.46. The summed E-state index contributed by atoms with van der Waals surface area (Å²) < 4.78 is 0. The number of carbonyl (C=O) groups is 3. The summed E-state index contributed by atoms with van der Waals surface area (Å²) in [6, 6.07) is 17.9. The predicted octanol–water partition coefficient (Wildman–Crippen LogP) is 4.91. The number of anilines is 1. The Morgan fingerprint density at radius 2 is 1.90 bits per heavy atom. The van der Waals surface area contributed by atoms with E-state index in [1.54, 1.807) is 12.1 Å². The Kier molecular flexibility index (Phi) is 5.88. The molecule has 0 spiro atoms. The van der Waals surface area contributed by atoms with Gasteiger partial charge in [-0.05, 0) is 60.5 Å². The molecule has 0 atom stereocenters. The zero-order valence-electron chi connectivity index (χ0n) is 16.5. The Bertz CT molecular complexity index is 1200. The standard InChI is InChI=1S/C23H18ClN3O3S/c1-14-3-2-4-17(11-14)25-21(28)13-27-22(29)19(26-23(27)30)12-18-9-10-20(31-18)15-5-7-16(24)8-6-15/h2-12H,13H2,1H3,(H,25,28)(H,26,30). The maximum Gasteiger partial charge on any atom is 0.329 e. The molecule has 2 N–H and O–H groups in total. The summed E-state index contributed by atoms with van der Waals surface area (Å²) in [6.45, 7) is 1.55. The smallest absolute Gasteiger partial charge is 0.325 e. The van der Waals surface area contributed by atoms with Gasteiger partial charge >= 0.3 is 6.03 Å². The van der Waals surface area contributed by atoms with Gasteiger partial charge in [-0.25, -0.2) is 9.69 Å². The highest BCUT2D eigenvalue weighted by Crippen LogP contribution is 2.30. The van der Waals surface area contributed by atoms with E-state index in [1.165, 1.54) is 11.3 Å². The summed E-state index contributed by atoms with van der Waals surface area (Å²) in [4.78, 5) is 39.9. The van der Waals surface area contributed by atoms with Gasteiger partial charge in [0.1, 0.15) is 12.2 Å². The molecular weight excluding hydrogens is 434 g/mol. The van der Waals surface area contributed by atoms with Crippen LogP contribution >= 0.6 is 22.9 Å². The van der Waals surface area contributed by atoms with Crippen molar-refractivity contribution in [2.75, 3.05) is 11.9 Å². The molecule has 1 aliphatic rings. The van der Waals surface area contributed by atoms with Crippen LogP contribution in [0.2, 0.25) is 5.02 Å². The molecule has 3 aromatic rings. The molecule has 2 heterocycles. The monoisotopic (exact) mass is 451 g/mol. The van der Waals surface area contributed by atoms with Gasteiger partial charge in [0.15, 0.2) is 0 Å². The fourth-order valence-corrected chi connectivity index (χ4v) is 4.21. The topological polar surface area (TPSA) is 78.5 Å². The molecule has 156 valence electrons. The second-order valence-corrected chi connectivity index (χ2v) is 8.56. The van der Waals surface area contributed by atoms with Crippen LogP contribution in [0.25, 0.3) is 16.5 Å². The Labute approximate surface area is 188 Å². The van der Waals surface area contributed by atoms with E-state index < -0.39 is 17.8 Å². The van der Waals surface area contributed by atoms with Gasteiger partial charge in [-0.15, -0.1) is 11.3 Å². The Balaban J connectivity index is 1.45. The number of hydrogen-bond acceptors (Lipinski definition) is 4. The number of carbonyl (C=O) groups excluding carboxylic acids is 3. The molecule has 4 amide bonds. The number of thiophene rings is 1. The van der Waals surface area contributed by atoms with Crippen LogP contribution in [0.5, 0.6) is 0 Å². The molecule has 0 saturated carbocycles. The molecule has 0 radical (unpaired) electrons. The van der Waals surface area contributed by atoms with Gasteiger partial charge in [-0.3, -0.25) is 9.59 Å². The van der Waals surface area contributed by atoms with E-state index in [0.29, 0.717) is 10.7 Å². The van der Waals surface area contributed by atoms with Crippen molar-refractivity contribution in [1.29, 1.82) is 0 Å². The molecule has 1 aromatic heterocycles. The van der Waals surface area contributed by atoms with Crippen LogP contribution in [0.1, 0.15) is 10.4 Å². The maximum atomic E-state index is 12.7. The third-order valence-electron chi connectivity index (χ3n) is 4.61. The summed E-state index contributed by atoms with van der Waals surface area (Å²) >= 11 is 7.41. The minimum atomic E-state index is -0.620. The number of nitrogens with zero attached hydrogens (tertiary/aromatic N) is 1. The Morgan fingerprint density at radius 1 is 1.13 bits per heavy atom. The quantitative estimate of drug-likeness (QED) is 0.427. The van der Waals surface area contributed by atoms with Crippen LogP contribution in [0.3, 0.4) is 0 Å². The van der Waals surface area contributed by atoms with Crippen LogP contribution in [-0.4, -0.2) is 29.3 Å².